The molecule has 1 heterocycles. The van der Waals surface area contributed by atoms with Gasteiger partial charge in [-0.25, -0.2) is 0 Å². The highest BCUT2D eigenvalue weighted by Crippen LogP contribution is 2.21. The molecular weight excluding hydrogens is 212 g/mol. The minimum absolute atomic E-state index is 0.0850. The minimum Gasteiger partial charge on any atom is -0.370 e. The number of hydrogen-bond donors (Lipinski definition) is 2. The van der Waals surface area contributed by atoms with Crippen LogP contribution >= 0.6 is 11.8 Å². The first-order valence-electron chi connectivity index (χ1n) is 5.36. The zero-order chi connectivity index (χ0) is 11.1. The Hall–Kier alpha value is -0.260. The zero-order valence-corrected chi connectivity index (χ0v) is 10.0. The van der Waals surface area contributed by atoms with E-state index < -0.39 is 6.10 Å². The number of ether oxygens (including phenoxy) is 1. The van der Waals surface area contributed by atoms with Gasteiger partial charge in [0.15, 0.2) is 0 Å². The van der Waals surface area contributed by atoms with E-state index in [0.29, 0.717) is 5.92 Å². The summed E-state index contributed by atoms with van der Waals surface area (Å²) in [6.07, 6.45) is 1.90. The second-order valence-corrected chi connectivity index (χ2v) is 4.99. The van der Waals surface area contributed by atoms with Gasteiger partial charge in [-0.05, 0) is 30.3 Å². The Kier molecular flexibility index (Phi) is 6.05. The standard InChI is InChI=1S/C10H20N2O2S/c1-14-9(6-11)10(13)12-7-8-2-4-15-5-3-8/h8-9H,2-7,11H2,1H3,(H,12,13). The Morgan fingerprint density at radius 2 is 2.27 bits per heavy atom. The number of carbonyl (C=O) groups excluding carboxylic acids is 1. The Morgan fingerprint density at radius 3 is 2.80 bits per heavy atom. The topological polar surface area (TPSA) is 64.3 Å². The Labute approximate surface area is 95.3 Å². The fourth-order valence-corrected chi connectivity index (χ4v) is 2.82. The third-order valence-electron chi connectivity index (χ3n) is 2.70. The smallest absolute Gasteiger partial charge is 0.250 e. The first-order valence-corrected chi connectivity index (χ1v) is 6.51. The lowest BCUT2D eigenvalue weighted by atomic mass is 10.0. The lowest BCUT2D eigenvalue weighted by Crippen LogP contribution is -2.42. The second kappa shape index (κ2) is 7.09. The summed E-state index contributed by atoms with van der Waals surface area (Å²) in [4.78, 5) is 11.5. The molecule has 0 aromatic heterocycles. The number of rotatable bonds is 5. The van der Waals surface area contributed by atoms with Gasteiger partial charge in [0.1, 0.15) is 6.10 Å². The average molecular weight is 232 g/mol. The Balaban J connectivity index is 2.20. The first kappa shape index (κ1) is 12.8. The van der Waals surface area contributed by atoms with Crippen molar-refractivity contribution in [3.63, 3.8) is 0 Å². The molecule has 1 aliphatic heterocycles. The monoisotopic (exact) mass is 232 g/mol. The van der Waals surface area contributed by atoms with Gasteiger partial charge in [0, 0.05) is 20.2 Å². The van der Waals surface area contributed by atoms with Crippen molar-refractivity contribution in [3.05, 3.63) is 0 Å². The molecule has 1 rings (SSSR count). The molecule has 0 bridgehead atoms. The van der Waals surface area contributed by atoms with E-state index in [9.17, 15) is 4.79 Å². The molecule has 0 aromatic carbocycles. The van der Waals surface area contributed by atoms with Crippen molar-refractivity contribution in [2.24, 2.45) is 11.7 Å². The number of amides is 1. The SMILES string of the molecule is COC(CN)C(=O)NCC1CCSCC1. The molecule has 5 heteroatoms. The zero-order valence-electron chi connectivity index (χ0n) is 9.20. The lowest BCUT2D eigenvalue weighted by molar-refractivity contribution is -0.130. The number of nitrogens with two attached hydrogens (primary N) is 1. The Morgan fingerprint density at radius 1 is 1.60 bits per heavy atom. The second-order valence-electron chi connectivity index (χ2n) is 3.76. The highest BCUT2D eigenvalue weighted by atomic mass is 32.2. The molecule has 0 spiro atoms. The number of methoxy groups -OCH3 is 1. The van der Waals surface area contributed by atoms with Crippen LogP contribution in [0.5, 0.6) is 0 Å². The minimum atomic E-state index is -0.497. The molecular formula is C10H20N2O2S. The average Bonchev–Trinajstić information content (AvgIpc) is 2.29. The summed E-state index contributed by atoms with van der Waals surface area (Å²) >= 11 is 1.99. The van der Waals surface area contributed by atoms with Crippen LogP contribution in [0.1, 0.15) is 12.8 Å². The fraction of sp³-hybridized carbons (Fsp3) is 0.900. The van der Waals surface area contributed by atoms with Crippen LogP contribution in [0, 0.1) is 5.92 Å². The van der Waals surface area contributed by atoms with Crippen LogP contribution in [0.2, 0.25) is 0 Å². The quantitative estimate of drug-likeness (QED) is 0.712. The van der Waals surface area contributed by atoms with Crippen molar-refractivity contribution >= 4 is 17.7 Å². The molecule has 4 nitrogen and oxygen atoms in total. The molecule has 1 fully saturated rings. The van der Waals surface area contributed by atoms with Crippen LogP contribution < -0.4 is 11.1 Å². The van der Waals surface area contributed by atoms with Crippen molar-refractivity contribution in [2.75, 3.05) is 31.7 Å². The number of thioether (sulfide) groups is 1. The van der Waals surface area contributed by atoms with Gasteiger partial charge in [-0.1, -0.05) is 0 Å². The fourth-order valence-electron chi connectivity index (χ4n) is 1.62. The van der Waals surface area contributed by atoms with Gasteiger partial charge in [0.2, 0.25) is 5.91 Å². The molecule has 1 amide bonds. The normalized spacial score (nSPS) is 19.9. The molecule has 0 saturated carbocycles. The van der Waals surface area contributed by atoms with Gasteiger partial charge in [-0.3, -0.25) is 4.79 Å². The third-order valence-corrected chi connectivity index (χ3v) is 3.75. The number of hydrogen-bond acceptors (Lipinski definition) is 4. The summed E-state index contributed by atoms with van der Waals surface area (Å²) in [5, 5.41) is 2.90. The van der Waals surface area contributed by atoms with Crippen LogP contribution in [-0.2, 0) is 9.53 Å². The predicted molar refractivity (Wildman–Crippen MR) is 62.9 cm³/mol. The van der Waals surface area contributed by atoms with Crippen LogP contribution in [0.4, 0.5) is 0 Å². The lowest BCUT2D eigenvalue weighted by Gasteiger charge is -2.22. The summed E-state index contributed by atoms with van der Waals surface area (Å²) in [6.45, 7) is 1.00. The number of carbonyl (C=O) groups is 1. The molecule has 1 aliphatic rings. The molecule has 0 aliphatic carbocycles. The van der Waals surface area contributed by atoms with E-state index in [2.05, 4.69) is 5.32 Å². The third kappa shape index (κ3) is 4.40. The summed E-state index contributed by atoms with van der Waals surface area (Å²) in [7, 11) is 1.51. The molecule has 3 N–H and O–H groups in total. The van der Waals surface area contributed by atoms with Crippen molar-refractivity contribution in [1.29, 1.82) is 0 Å². The molecule has 0 aromatic rings. The van der Waals surface area contributed by atoms with Gasteiger partial charge in [-0.2, -0.15) is 11.8 Å². The van der Waals surface area contributed by atoms with Crippen molar-refractivity contribution in [1.82, 2.24) is 5.32 Å². The van der Waals surface area contributed by atoms with Crippen molar-refractivity contribution in [2.45, 2.75) is 18.9 Å². The summed E-state index contributed by atoms with van der Waals surface area (Å²) in [5.41, 5.74) is 5.40. The van der Waals surface area contributed by atoms with E-state index in [1.165, 1.54) is 31.5 Å². The molecule has 1 unspecified atom stereocenters. The van der Waals surface area contributed by atoms with E-state index in [0.717, 1.165) is 6.54 Å². The van der Waals surface area contributed by atoms with Gasteiger partial charge in [-0.15, -0.1) is 0 Å². The van der Waals surface area contributed by atoms with E-state index >= 15 is 0 Å². The molecule has 1 saturated heterocycles. The maximum absolute atomic E-state index is 11.5. The molecule has 15 heavy (non-hydrogen) atoms. The molecule has 88 valence electrons. The van der Waals surface area contributed by atoms with E-state index in [1.54, 1.807) is 0 Å². The van der Waals surface area contributed by atoms with E-state index in [1.807, 2.05) is 11.8 Å². The van der Waals surface area contributed by atoms with Crippen LogP contribution in [0.25, 0.3) is 0 Å². The predicted octanol–water partition coefficient (Wildman–Crippen LogP) is 0.220. The van der Waals surface area contributed by atoms with Gasteiger partial charge < -0.3 is 15.8 Å². The van der Waals surface area contributed by atoms with Crippen molar-refractivity contribution < 1.29 is 9.53 Å². The van der Waals surface area contributed by atoms with Crippen LogP contribution in [-0.4, -0.2) is 43.7 Å². The Bertz CT molecular complexity index is 192. The molecule has 0 radical (unpaired) electrons. The largest absolute Gasteiger partial charge is 0.370 e. The van der Waals surface area contributed by atoms with Crippen molar-refractivity contribution in [3.8, 4) is 0 Å². The number of nitrogens with one attached hydrogen (secondary N) is 1. The summed E-state index contributed by atoms with van der Waals surface area (Å²) < 4.78 is 4.96. The van der Waals surface area contributed by atoms with E-state index in [4.69, 9.17) is 10.5 Å². The van der Waals surface area contributed by atoms with Gasteiger partial charge in [0.05, 0.1) is 0 Å². The van der Waals surface area contributed by atoms with Crippen LogP contribution in [0.3, 0.4) is 0 Å². The maximum Gasteiger partial charge on any atom is 0.250 e. The van der Waals surface area contributed by atoms with Crippen LogP contribution in [0.15, 0.2) is 0 Å². The summed E-state index contributed by atoms with van der Waals surface area (Å²) in [5.74, 6) is 2.97. The van der Waals surface area contributed by atoms with Gasteiger partial charge in [0.25, 0.3) is 0 Å². The maximum atomic E-state index is 11.5. The highest BCUT2D eigenvalue weighted by Gasteiger charge is 2.18. The van der Waals surface area contributed by atoms with Gasteiger partial charge >= 0.3 is 0 Å². The summed E-state index contributed by atoms with van der Waals surface area (Å²) in [6, 6.07) is 0. The first-order chi connectivity index (χ1) is 7.27. The highest BCUT2D eigenvalue weighted by molar-refractivity contribution is 7.99. The molecule has 1 atom stereocenters. The van der Waals surface area contributed by atoms with E-state index in [-0.39, 0.29) is 12.5 Å².